The van der Waals surface area contributed by atoms with Gasteiger partial charge in [0.2, 0.25) is 0 Å². The van der Waals surface area contributed by atoms with Gasteiger partial charge in [-0.05, 0) is 31.0 Å². The molecule has 5 heteroatoms. The van der Waals surface area contributed by atoms with Gasteiger partial charge in [-0.2, -0.15) is 0 Å². The molecule has 2 N–H and O–H groups in total. The van der Waals surface area contributed by atoms with Gasteiger partial charge >= 0.3 is 5.97 Å². The number of ether oxygens (including phenoxy) is 1. The fraction of sp³-hybridized carbons (Fsp3) is 0.462. The maximum Gasteiger partial charge on any atom is 0.336 e. The number of carboxylic acid groups (broad SMARTS) is 1. The van der Waals surface area contributed by atoms with Gasteiger partial charge in [-0.3, -0.25) is 0 Å². The summed E-state index contributed by atoms with van der Waals surface area (Å²) in [5.41, 5.74) is -0.683. The van der Waals surface area contributed by atoms with Gasteiger partial charge in [0.1, 0.15) is 5.82 Å². The van der Waals surface area contributed by atoms with Gasteiger partial charge in [-0.15, -0.1) is 0 Å². The first-order chi connectivity index (χ1) is 8.48. The Hall–Kier alpha value is -1.46. The SMILES string of the molecule is CC(Cc1ccc(F)cc1)(OCCCO)C(=O)O. The molecule has 0 saturated carbocycles. The van der Waals surface area contributed by atoms with Gasteiger partial charge in [-0.1, -0.05) is 12.1 Å². The first kappa shape index (κ1) is 14.6. The number of aliphatic hydroxyl groups excluding tert-OH is 1. The number of hydrogen-bond acceptors (Lipinski definition) is 3. The molecule has 4 nitrogen and oxygen atoms in total. The van der Waals surface area contributed by atoms with Gasteiger partial charge in [-0.25, -0.2) is 9.18 Å². The second-order valence-electron chi connectivity index (χ2n) is 4.26. The molecule has 18 heavy (non-hydrogen) atoms. The van der Waals surface area contributed by atoms with Crippen LogP contribution in [0.1, 0.15) is 18.9 Å². The minimum atomic E-state index is -1.37. The quantitative estimate of drug-likeness (QED) is 0.727. The summed E-state index contributed by atoms with van der Waals surface area (Å²) in [4.78, 5) is 11.2. The Bertz CT molecular complexity index is 390. The number of halogens is 1. The van der Waals surface area contributed by atoms with Crippen LogP contribution in [0.3, 0.4) is 0 Å². The lowest BCUT2D eigenvalue weighted by Gasteiger charge is -2.25. The fourth-order valence-corrected chi connectivity index (χ4v) is 1.54. The Balaban J connectivity index is 2.72. The summed E-state index contributed by atoms with van der Waals surface area (Å²) in [6.07, 6.45) is 0.528. The number of aliphatic carboxylic acids is 1. The smallest absolute Gasteiger partial charge is 0.336 e. The Labute approximate surface area is 105 Å². The van der Waals surface area contributed by atoms with Crippen LogP contribution in [0.2, 0.25) is 0 Å². The third-order valence-electron chi connectivity index (χ3n) is 2.63. The number of hydrogen-bond donors (Lipinski definition) is 2. The fourth-order valence-electron chi connectivity index (χ4n) is 1.54. The van der Waals surface area contributed by atoms with Crippen LogP contribution in [-0.4, -0.2) is 35.0 Å². The summed E-state index contributed by atoms with van der Waals surface area (Å²) in [5.74, 6) is -1.44. The standard InChI is InChI=1S/C13H17FO4/c1-13(12(16)17,18-8-2-7-15)9-10-3-5-11(14)6-4-10/h3-6,15H,2,7-9H2,1H3,(H,16,17). The highest BCUT2D eigenvalue weighted by atomic mass is 19.1. The van der Waals surface area contributed by atoms with Crippen LogP contribution in [-0.2, 0) is 16.0 Å². The molecule has 0 aliphatic carbocycles. The summed E-state index contributed by atoms with van der Waals surface area (Å²) in [5, 5.41) is 17.8. The summed E-state index contributed by atoms with van der Waals surface area (Å²) < 4.78 is 18.1. The Morgan fingerprint density at radius 1 is 1.39 bits per heavy atom. The molecule has 0 aromatic heterocycles. The van der Waals surface area contributed by atoms with E-state index in [0.717, 1.165) is 0 Å². The lowest BCUT2D eigenvalue weighted by molar-refractivity contribution is -0.163. The van der Waals surface area contributed by atoms with E-state index in [1.807, 2.05) is 0 Å². The van der Waals surface area contributed by atoms with E-state index in [9.17, 15) is 14.3 Å². The molecular weight excluding hydrogens is 239 g/mol. The second-order valence-corrected chi connectivity index (χ2v) is 4.26. The topological polar surface area (TPSA) is 66.8 Å². The number of carboxylic acids is 1. The molecule has 0 radical (unpaired) electrons. The Morgan fingerprint density at radius 2 is 2.00 bits per heavy atom. The molecule has 0 bridgehead atoms. The Morgan fingerprint density at radius 3 is 2.50 bits per heavy atom. The zero-order valence-corrected chi connectivity index (χ0v) is 10.2. The van der Waals surface area contributed by atoms with Crippen molar-refractivity contribution in [3.05, 3.63) is 35.6 Å². The van der Waals surface area contributed by atoms with Crippen LogP contribution in [0.15, 0.2) is 24.3 Å². The summed E-state index contributed by atoms with van der Waals surface area (Å²) in [6.45, 7) is 1.59. The van der Waals surface area contributed by atoms with Crippen molar-refractivity contribution >= 4 is 5.97 Å². The molecule has 0 amide bonds. The highest BCUT2D eigenvalue weighted by Gasteiger charge is 2.34. The number of benzene rings is 1. The second kappa shape index (κ2) is 6.47. The lowest BCUT2D eigenvalue weighted by Crippen LogP contribution is -2.41. The van der Waals surface area contributed by atoms with Crippen LogP contribution in [0.5, 0.6) is 0 Å². The maximum absolute atomic E-state index is 12.8. The highest BCUT2D eigenvalue weighted by molar-refractivity contribution is 5.77. The van der Waals surface area contributed by atoms with Crippen LogP contribution >= 0.6 is 0 Å². The van der Waals surface area contributed by atoms with E-state index >= 15 is 0 Å². The van der Waals surface area contributed by atoms with Crippen molar-refractivity contribution in [3.8, 4) is 0 Å². The number of carbonyl (C=O) groups is 1. The maximum atomic E-state index is 12.8. The van der Waals surface area contributed by atoms with Gasteiger partial charge < -0.3 is 14.9 Å². The summed E-state index contributed by atoms with van der Waals surface area (Å²) in [7, 11) is 0. The molecular formula is C13H17FO4. The number of rotatable bonds is 7. The lowest BCUT2D eigenvalue weighted by atomic mass is 9.96. The first-order valence-corrected chi connectivity index (χ1v) is 5.70. The molecule has 1 aromatic carbocycles. The number of aliphatic hydroxyl groups is 1. The van der Waals surface area contributed by atoms with Gasteiger partial charge in [0.05, 0.1) is 6.61 Å². The molecule has 0 saturated heterocycles. The van der Waals surface area contributed by atoms with E-state index in [0.29, 0.717) is 12.0 Å². The Kier molecular flexibility index (Phi) is 5.25. The average Bonchev–Trinajstić information content (AvgIpc) is 2.32. The minimum absolute atomic E-state index is 0.0494. The van der Waals surface area contributed by atoms with Gasteiger partial charge in [0, 0.05) is 13.0 Å². The summed E-state index contributed by atoms with van der Waals surface area (Å²) in [6, 6.07) is 5.63. The predicted octanol–water partition coefficient (Wildman–Crippen LogP) is 1.61. The van der Waals surface area contributed by atoms with Crippen LogP contribution in [0, 0.1) is 5.82 Å². The zero-order valence-electron chi connectivity index (χ0n) is 10.2. The highest BCUT2D eigenvalue weighted by Crippen LogP contribution is 2.19. The van der Waals surface area contributed by atoms with E-state index in [4.69, 9.17) is 9.84 Å². The molecule has 0 aliphatic rings. The van der Waals surface area contributed by atoms with Crippen LogP contribution in [0.25, 0.3) is 0 Å². The van der Waals surface area contributed by atoms with E-state index in [1.54, 1.807) is 0 Å². The average molecular weight is 256 g/mol. The van der Waals surface area contributed by atoms with Crippen molar-refractivity contribution in [3.63, 3.8) is 0 Å². The zero-order chi connectivity index (χ0) is 13.6. The van der Waals surface area contributed by atoms with Crippen molar-refractivity contribution < 1.29 is 24.1 Å². The molecule has 0 heterocycles. The van der Waals surface area contributed by atoms with E-state index in [2.05, 4.69) is 0 Å². The molecule has 0 aliphatic heterocycles. The minimum Gasteiger partial charge on any atom is -0.479 e. The van der Waals surface area contributed by atoms with E-state index in [1.165, 1.54) is 31.2 Å². The van der Waals surface area contributed by atoms with E-state index in [-0.39, 0.29) is 25.5 Å². The summed E-state index contributed by atoms with van der Waals surface area (Å²) >= 11 is 0. The van der Waals surface area contributed by atoms with Crippen molar-refractivity contribution in [2.45, 2.75) is 25.4 Å². The van der Waals surface area contributed by atoms with Crippen LogP contribution < -0.4 is 0 Å². The molecule has 0 fully saturated rings. The molecule has 1 aromatic rings. The van der Waals surface area contributed by atoms with Crippen molar-refractivity contribution in [1.29, 1.82) is 0 Å². The first-order valence-electron chi connectivity index (χ1n) is 5.70. The van der Waals surface area contributed by atoms with E-state index < -0.39 is 11.6 Å². The largest absolute Gasteiger partial charge is 0.479 e. The molecule has 1 unspecified atom stereocenters. The predicted molar refractivity (Wildman–Crippen MR) is 63.8 cm³/mol. The monoisotopic (exact) mass is 256 g/mol. The molecule has 0 spiro atoms. The van der Waals surface area contributed by atoms with Crippen molar-refractivity contribution in [2.24, 2.45) is 0 Å². The van der Waals surface area contributed by atoms with Gasteiger partial charge in [0.25, 0.3) is 0 Å². The van der Waals surface area contributed by atoms with Crippen molar-refractivity contribution in [2.75, 3.05) is 13.2 Å². The normalized spacial score (nSPS) is 14.2. The molecule has 1 atom stereocenters. The van der Waals surface area contributed by atoms with Crippen LogP contribution in [0.4, 0.5) is 4.39 Å². The molecule has 100 valence electrons. The third kappa shape index (κ3) is 4.09. The third-order valence-corrected chi connectivity index (χ3v) is 2.63. The van der Waals surface area contributed by atoms with Crippen molar-refractivity contribution in [1.82, 2.24) is 0 Å². The molecule has 1 rings (SSSR count). The van der Waals surface area contributed by atoms with Gasteiger partial charge in [0.15, 0.2) is 5.60 Å².